The number of hydrogen-bond donors (Lipinski definition) is 1. The van der Waals surface area contributed by atoms with Crippen molar-refractivity contribution in [3.05, 3.63) is 94.1 Å². The quantitative estimate of drug-likeness (QED) is 0.487. The van der Waals surface area contributed by atoms with Crippen LogP contribution in [0.5, 0.6) is 5.75 Å². The lowest BCUT2D eigenvalue weighted by atomic mass is 10.0. The first-order valence-corrected chi connectivity index (χ1v) is 10.2. The maximum Gasteiger partial charge on any atom is 0.257 e. The van der Waals surface area contributed by atoms with E-state index < -0.39 is 0 Å². The number of hydrogen-bond acceptors (Lipinski definition) is 3. The van der Waals surface area contributed by atoms with Gasteiger partial charge < -0.3 is 14.6 Å². The van der Waals surface area contributed by atoms with Gasteiger partial charge >= 0.3 is 0 Å². The molecule has 0 atom stereocenters. The van der Waals surface area contributed by atoms with E-state index in [1.54, 1.807) is 13.2 Å². The first kappa shape index (κ1) is 20.4. The SMILES string of the molecule is CCn1c(NC(=O)c2ccccc2C)c(-c2ccc(OC)cc2)c(=O)c2ccccc21. The molecule has 0 bridgehead atoms. The molecule has 1 aromatic heterocycles. The van der Waals surface area contributed by atoms with Gasteiger partial charge in [-0.15, -0.1) is 0 Å². The van der Waals surface area contributed by atoms with Gasteiger partial charge in [0.1, 0.15) is 11.6 Å². The van der Waals surface area contributed by atoms with Gasteiger partial charge in [-0.25, -0.2) is 0 Å². The number of carbonyl (C=O) groups is 1. The monoisotopic (exact) mass is 412 g/mol. The van der Waals surface area contributed by atoms with E-state index >= 15 is 0 Å². The van der Waals surface area contributed by atoms with E-state index in [2.05, 4.69) is 5.32 Å². The fourth-order valence-electron chi connectivity index (χ4n) is 3.89. The van der Waals surface area contributed by atoms with Gasteiger partial charge in [0, 0.05) is 17.5 Å². The number of fused-ring (bicyclic) bond motifs is 1. The van der Waals surface area contributed by atoms with Gasteiger partial charge in [0.25, 0.3) is 5.91 Å². The molecule has 1 N–H and O–H groups in total. The standard InChI is InChI=1S/C26H24N2O3/c1-4-28-22-12-8-7-11-21(22)24(29)23(18-13-15-19(31-3)16-14-18)25(28)27-26(30)20-10-6-5-9-17(20)2/h5-16H,4H2,1-3H3,(H,27,30). The Kier molecular flexibility index (Phi) is 5.58. The molecule has 3 aromatic carbocycles. The molecule has 0 spiro atoms. The lowest BCUT2D eigenvalue weighted by Gasteiger charge is -2.20. The van der Waals surface area contributed by atoms with Crippen LogP contribution >= 0.6 is 0 Å². The zero-order valence-electron chi connectivity index (χ0n) is 17.8. The van der Waals surface area contributed by atoms with Gasteiger partial charge in [0.2, 0.25) is 0 Å². The van der Waals surface area contributed by atoms with Crippen molar-refractivity contribution in [3.63, 3.8) is 0 Å². The van der Waals surface area contributed by atoms with E-state index in [1.807, 2.05) is 85.1 Å². The molecule has 31 heavy (non-hydrogen) atoms. The maximum atomic E-state index is 13.6. The molecule has 0 radical (unpaired) electrons. The predicted octanol–water partition coefficient (Wildman–Crippen LogP) is 5.26. The highest BCUT2D eigenvalue weighted by Crippen LogP contribution is 2.30. The van der Waals surface area contributed by atoms with Crippen LogP contribution in [0.3, 0.4) is 0 Å². The number of carbonyl (C=O) groups excluding carboxylic acids is 1. The van der Waals surface area contributed by atoms with Crippen LogP contribution in [0.15, 0.2) is 77.6 Å². The van der Waals surface area contributed by atoms with E-state index in [1.165, 1.54) is 0 Å². The minimum Gasteiger partial charge on any atom is -0.497 e. The average molecular weight is 412 g/mol. The number of ether oxygens (including phenoxy) is 1. The largest absolute Gasteiger partial charge is 0.497 e. The van der Waals surface area contributed by atoms with Crippen LogP contribution in [0.25, 0.3) is 22.0 Å². The second kappa shape index (κ2) is 8.48. The Morgan fingerprint density at radius 2 is 1.65 bits per heavy atom. The lowest BCUT2D eigenvalue weighted by molar-refractivity contribution is 0.102. The third kappa shape index (κ3) is 3.70. The summed E-state index contributed by atoms with van der Waals surface area (Å²) in [5.74, 6) is 0.945. The van der Waals surface area contributed by atoms with Crippen molar-refractivity contribution in [2.24, 2.45) is 0 Å². The van der Waals surface area contributed by atoms with Crippen LogP contribution in [-0.2, 0) is 6.54 Å². The molecular weight excluding hydrogens is 388 g/mol. The molecule has 4 rings (SSSR count). The van der Waals surface area contributed by atoms with E-state index in [9.17, 15) is 9.59 Å². The maximum absolute atomic E-state index is 13.6. The summed E-state index contributed by atoms with van der Waals surface area (Å²) in [5, 5.41) is 3.65. The van der Waals surface area contributed by atoms with Crippen molar-refractivity contribution >= 4 is 22.6 Å². The molecule has 0 unspecified atom stereocenters. The summed E-state index contributed by atoms with van der Waals surface area (Å²) in [6.07, 6.45) is 0. The van der Waals surface area contributed by atoms with Crippen LogP contribution in [0, 0.1) is 6.92 Å². The van der Waals surface area contributed by atoms with Crippen molar-refractivity contribution in [2.45, 2.75) is 20.4 Å². The number of methoxy groups -OCH3 is 1. The van der Waals surface area contributed by atoms with Crippen LogP contribution in [-0.4, -0.2) is 17.6 Å². The number of benzene rings is 3. The number of pyridine rings is 1. The number of nitrogens with zero attached hydrogens (tertiary/aromatic N) is 1. The van der Waals surface area contributed by atoms with Gasteiger partial charge in [0.15, 0.2) is 5.43 Å². The van der Waals surface area contributed by atoms with Gasteiger partial charge in [-0.1, -0.05) is 42.5 Å². The smallest absolute Gasteiger partial charge is 0.257 e. The molecule has 5 nitrogen and oxygen atoms in total. The third-order valence-electron chi connectivity index (χ3n) is 5.49. The number of rotatable bonds is 5. The highest BCUT2D eigenvalue weighted by molar-refractivity contribution is 6.07. The van der Waals surface area contributed by atoms with Gasteiger partial charge in [-0.2, -0.15) is 0 Å². The molecule has 5 heteroatoms. The summed E-state index contributed by atoms with van der Waals surface area (Å²) in [7, 11) is 1.60. The Hall–Kier alpha value is -3.86. The van der Waals surface area contributed by atoms with Gasteiger partial charge in [0.05, 0.1) is 18.2 Å². The number of anilines is 1. The summed E-state index contributed by atoms with van der Waals surface area (Å²) in [6.45, 7) is 4.48. The summed E-state index contributed by atoms with van der Waals surface area (Å²) in [6, 6.07) is 22.2. The molecule has 0 aliphatic carbocycles. The molecular formula is C26H24N2O3. The first-order chi connectivity index (χ1) is 15.0. The summed E-state index contributed by atoms with van der Waals surface area (Å²) < 4.78 is 7.24. The molecule has 4 aromatic rings. The minimum absolute atomic E-state index is 0.120. The van der Waals surface area contributed by atoms with E-state index in [0.29, 0.717) is 34.6 Å². The number of amides is 1. The van der Waals surface area contributed by atoms with Crippen LogP contribution in [0.4, 0.5) is 5.82 Å². The molecule has 156 valence electrons. The average Bonchev–Trinajstić information content (AvgIpc) is 2.80. The van der Waals surface area contributed by atoms with Crippen LogP contribution < -0.4 is 15.5 Å². The van der Waals surface area contributed by atoms with Gasteiger partial charge in [-0.05, 0) is 55.3 Å². The molecule has 0 aliphatic rings. The Labute approximate surface area is 180 Å². The summed E-state index contributed by atoms with van der Waals surface area (Å²) >= 11 is 0. The Balaban J connectivity index is 1.98. The molecule has 0 saturated heterocycles. The second-order valence-electron chi connectivity index (χ2n) is 7.31. The minimum atomic E-state index is -0.246. The fraction of sp³-hybridized carbons (Fsp3) is 0.154. The summed E-state index contributed by atoms with van der Waals surface area (Å²) in [4.78, 5) is 26.7. The predicted molar refractivity (Wildman–Crippen MR) is 125 cm³/mol. The lowest BCUT2D eigenvalue weighted by Crippen LogP contribution is -2.22. The van der Waals surface area contributed by atoms with Crippen molar-refractivity contribution in [1.82, 2.24) is 4.57 Å². The Bertz CT molecular complexity index is 1320. The van der Waals surface area contributed by atoms with E-state index in [4.69, 9.17) is 4.74 Å². The summed E-state index contributed by atoms with van der Waals surface area (Å²) in [5.41, 5.74) is 3.30. The van der Waals surface area contributed by atoms with Gasteiger partial charge in [-0.3, -0.25) is 9.59 Å². The second-order valence-corrected chi connectivity index (χ2v) is 7.31. The highest BCUT2D eigenvalue weighted by atomic mass is 16.5. The highest BCUT2D eigenvalue weighted by Gasteiger charge is 2.20. The molecule has 1 heterocycles. The number of aryl methyl sites for hydroxylation is 2. The normalized spacial score (nSPS) is 10.8. The Morgan fingerprint density at radius 1 is 0.968 bits per heavy atom. The zero-order valence-corrected chi connectivity index (χ0v) is 17.8. The molecule has 0 aliphatic heterocycles. The van der Waals surface area contributed by atoms with Crippen LogP contribution in [0.1, 0.15) is 22.8 Å². The number of nitrogens with one attached hydrogen (secondary N) is 1. The van der Waals surface area contributed by atoms with E-state index in [-0.39, 0.29) is 11.3 Å². The number of para-hydroxylation sites is 1. The fourth-order valence-corrected chi connectivity index (χ4v) is 3.89. The first-order valence-electron chi connectivity index (χ1n) is 10.2. The van der Waals surface area contributed by atoms with Crippen molar-refractivity contribution < 1.29 is 9.53 Å². The zero-order chi connectivity index (χ0) is 22.0. The molecule has 0 saturated carbocycles. The van der Waals surface area contributed by atoms with Crippen molar-refractivity contribution in [2.75, 3.05) is 12.4 Å². The topological polar surface area (TPSA) is 60.3 Å². The van der Waals surface area contributed by atoms with E-state index in [0.717, 1.165) is 16.6 Å². The third-order valence-corrected chi connectivity index (χ3v) is 5.49. The number of aromatic nitrogens is 1. The molecule has 1 amide bonds. The van der Waals surface area contributed by atoms with Crippen LogP contribution in [0.2, 0.25) is 0 Å². The molecule has 0 fully saturated rings. The Morgan fingerprint density at radius 3 is 2.32 bits per heavy atom. The van der Waals surface area contributed by atoms with Crippen molar-refractivity contribution in [1.29, 1.82) is 0 Å². The van der Waals surface area contributed by atoms with Crippen molar-refractivity contribution in [3.8, 4) is 16.9 Å².